The van der Waals surface area contributed by atoms with Gasteiger partial charge in [0.05, 0.1) is 19.8 Å². The Morgan fingerprint density at radius 1 is 1.43 bits per heavy atom. The molecular formula is C7H13F3N2O2. The van der Waals surface area contributed by atoms with Gasteiger partial charge in [-0.05, 0) is 0 Å². The van der Waals surface area contributed by atoms with Crippen molar-refractivity contribution in [2.75, 3.05) is 26.9 Å². The third-order valence-corrected chi connectivity index (χ3v) is 1.49. The number of hydrogen-bond donors (Lipinski definition) is 2. The van der Waals surface area contributed by atoms with Crippen LogP contribution in [-0.2, 0) is 9.47 Å². The summed E-state index contributed by atoms with van der Waals surface area (Å²) in [5.41, 5.74) is 4.79. The number of methoxy groups -OCH3 is 1. The van der Waals surface area contributed by atoms with Crippen LogP contribution in [0, 0.1) is 11.3 Å². The van der Waals surface area contributed by atoms with Gasteiger partial charge in [-0.15, -0.1) is 0 Å². The Morgan fingerprint density at radius 3 is 2.36 bits per heavy atom. The molecule has 4 nitrogen and oxygen atoms in total. The second kappa shape index (κ2) is 5.82. The van der Waals surface area contributed by atoms with Gasteiger partial charge in [-0.3, -0.25) is 5.41 Å². The van der Waals surface area contributed by atoms with E-state index < -0.39 is 24.5 Å². The van der Waals surface area contributed by atoms with Gasteiger partial charge in [0.15, 0.2) is 0 Å². The first-order valence-electron chi connectivity index (χ1n) is 3.87. The van der Waals surface area contributed by atoms with Crippen molar-refractivity contribution in [2.24, 2.45) is 11.7 Å². The molecule has 3 N–H and O–H groups in total. The van der Waals surface area contributed by atoms with Crippen molar-refractivity contribution >= 4 is 5.84 Å². The standard InChI is InChI=1S/C7H13F3N2O2/c1-13-2-3-14-4-5(6(11)12)7(8,9)10/h5H,2-4H2,1H3,(H3,11,12). The first kappa shape index (κ1) is 13.2. The number of nitrogens with one attached hydrogen (secondary N) is 1. The third-order valence-electron chi connectivity index (χ3n) is 1.49. The molecule has 0 spiro atoms. The number of amidine groups is 1. The molecule has 0 aliphatic carbocycles. The fourth-order valence-electron chi connectivity index (χ4n) is 0.704. The zero-order valence-electron chi connectivity index (χ0n) is 7.73. The number of rotatable bonds is 6. The highest BCUT2D eigenvalue weighted by molar-refractivity contribution is 5.80. The lowest BCUT2D eigenvalue weighted by Gasteiger charge is -2.18. The second-order valence-corrected chi connectivity index (χ2v) is 2.62. The van der Waals surface area contributed by atoms with E-state index in [0.717, 1.165) is 0 Å². The molecule has 0 aromatic carbocycles. The van der Waals surface area contributed by atoms with Gasteiger partial charge in [0, 0.05) is 7.11 Å². The highest BCUT2D eigenvalue weighted by Crippen LogP contribution is 2.26. The monoisotopic (exact) mass is 214 g/mol. The Balaban J connectivity index is 3.94. The molecular weight excluding hydrogens is 201 g/mol. The fourth-order valence-corrected chi connectivity index (χ4v) is 0.704. The normalized spacial score (nSPS) is 14.0. The van der Waals surface area contributed by atoms with Gasteiger partial charge in [0.25, 0.3) is 0 Å². The number of ether oxygens (including phenoxy) is 2. The van der Waals surface area contributed by atoms with E-state index in [-0.39, 0.29) is 13.2 Å². The summed E-state index contributed by atoms with van der Waals surface area (Å²) in [4.78, 5) is 0. The van der Waals surface area contributed by atoms with E-state index in [9.17, 15) is 13.2 Å². The van der Waals surface area contributed by atoms with Crippen molar-refractivity contribution in [1.82, 2.24) is 0 Å². The lowest BCUT2D eigenvalue weighted by atomic mass is 10.1. The van der Waals surface area contributed by atoms with Gasteiger partial charge in [-0.1, -0.05) is 0 Å². The minimum absolute atomic E-state index is 0.0519. The van der Waals surface area contributed by atoms with Crippen LogP contribution < -0.4 is 5.73 Å². The Bertz CT molecular complexity index is 184. The summed E-state index contributed by atoms with van der Waals surface area (Å²) >= 11 is 0. The number of nitrogens with two attached hydrogens (primary N) is 1. The maximum Gasteiger partial charge on any atom is 0.400 e. The van der Waals surface area contributed by atoms with Crippen LogP contribution in [0.15, 0.2) is 0 Å². The number of hydrogen-bond acceptors (Lipinski definition) is 3. The van der Waals surface area contributed by atoms with Crippen LogP contribution in [0.3, 0.4) is 0 Å². The molecule has 0 bridgehead atoms. The Hall–Kier alpha value is -0.820. The van der Waals surface area contributed by atoms with Crippen molar-refractivity contribution in [3.8, 4) is 0 Å². The predicted octanol–water partition coefficient (Wildman–Crippen LogP) is 0.764. The second-order valence-electron chi connectivity index (χ2n) is 2.62. The predicted molar refractivity (Wildman–Crippen MR) is 44.2 cm³/mol. The Labute approximate surface area is 79.7 Å². The molecule has 0 saturated carbocycles. The minimum Gasteiger partial charge on any atom is -0.387 e. The van der Waals surface area contributed by atoms with Crippen molar-refractivity contribution in [3.63, 3.8) is 0 Å². The van der Waals surface area contributed by atoms with E-state index in [2.05, 4.69) is 9.47 Å². The van der Waals surface area contributed by atoms with Crippen LogP contribution >= 0.6 is 0 Å². The lowest BCUT2D eigenvalue weighted by Crippen LogP contribution is -2.38. The Morgan fingerprint density at radius 2 is 2.00 bits per heavy atom. The van der Waals surface area contributed by atoms with Crippen molar-refractivity contribution in [1.29, 1.82) is 5.41 Å². The summed E-state index contributed by atoms with van der Waals surface area (Å²) < 4.78 is 45.7. The average molecular weight is 214 g/mol. The molecule has 0 aromatic rings. The first-order valence-corrected chi connectivity index (χ1v) is 3.87. The van der Waals surface area contributed by atoms with Gasteiger partial charge in [-0.25, -0.2) is 0 Å². The smallest absolute Gasteiger partial charge is 0.387 e. The van der Waals surface area contributed by atoms with Crippen molar-refractivity contribution in [2.45, 2.75) is 6.18 Å². The quantitative estimate of drug-likeness (QED) is 0.389. The van der Waals surface area contributed by atoms with E-state index in [1.165, 1.54) is 7.11 Å². The molecule has 0 amide bonds. The SMILES string of the molecule is COCCOCC(C(=N)N)C(F)(F)F. The van der Waals surface area contributed by atoms with E-state index in [1.807, 2.05) is 0 Å². The van der Waals surface area contributed by atoms with Crippen molar-refractivity contribution < 1.29 is 22.6 Å². The molecule has 0 aliphatic rings. The van der Waals surface area contributed by atoms with E-state index in [1.54, 1.807) is 0 Å². The summed E-state index contributed by atoms with van der Waals surface area (Å²) in [6, 6.07) is 0. The summed E-state index contributed by atoms with van der Waals surface area (Å²) in [5, 5.41) is 6.73. The number of alkyl halides is 3. The highest BCUT2D eigenvalue weighted by Gasteiger charge is 2.41. The topological polar surface area (TPSA) is 68.3 Å². The highest BCUT2D eigenvalue weighted by atomic mass is 19.4. The van der Waals surface area contributed by atoms with E-state index in [0.29, 0.717) is 0 Å². The largest absolute Gasteiger partial charge is 0.400 e. The maximum atomic E-state index is 12.1. The minimum atomic E-state index is -4.53. The zero-order chi connectivity index (χ0) is 11.2. The third kappa shape index (κ3) is 5.03. The summed E-state index contributed by atoms with van der Waals surface area (Å²) in [6.45, 7) is -0.374. The summed E-state index contributed by atoms with van der Waals surface area (Å²) in [5.74, 6) is -2.96. The molecule has 0 aromatic heterocycles. The Kier molecular flexibility index (Phi) is 5.47. The molecule has 0 rings (SSSR count). The van der Waals surface area contributed by atoms with Gasteiger partial charge >= 0.3 is 6.18 Å². The van der Waals surface area contributed by atoms with Crippen LogP contribution in [-0.4, -0.2) is 38.9 Å². The van der Waals surface area contributed by atoms with Gasteiger partial charge < -0.3 is 15.2 Å². The van der Waals surface area contributed by atoms with Crippen LogP contribution in [0.5, 0.6) is 0 Å². The number of halogens is 3. The van der Waals surface area contributed by atoms with Crippen LogP contribution in [0.4, 0.5) is 13.2 Å². The van der Waals surface area contributed by atoms with E-state index >= 15 is 0 Å². The fraction of sp³-hybridized carbons (Fsp3) is 0.857. The molecule has 0 aliphatic heterocycles. The molecule has 1 unspecified atom stereocenters. The molecule has 7 heteroatoms. The van der Waals surface area contributed by atoms with Gasteiger partial charge in [-0.2, -0.15) is 13.2 Å². The van der Waals surface area contributed by atoms with Crippen molar-refractivity contribution in [3.05, 3.63) is 0 Å². The van der Waals surface area contributed by atoms with Crippen LogP contribution in [0.1, 0.15) is 0 Å². The lowest BCUT2D eigenvalue weighted by molar-refractivity contribution is -0.169. The molecule has 0 fully saturated rings. The molecule has 14 heavy (non-hydrogen) atoms. The van der Waals surface area contributed by atoms with Gasteiger partial charge in [0.2, 0.25) is 0 Å². The summed E-state index contributed by atoms with van der Waals surface area (Å²) in [6.07, 6.45) is -4.53. The maximum absolute atomic E-state index is 12.1. The average Bonchev–Trinajstić information content (AvgIpc) is 2.01. The first-order chi connectivity index (χ1) is 6.39. The molecule has 84 valence electrons. The molecule has 1 atom stereocenters. The molecule has 0 heterocycles. The van der Waals surface area contributed by atoms with E-state index in [4.69, 9.17) is 11.1 Å². The zero-order valence-corrected chi connectivity index (χ0v) is 7.73. The molecule has 0 saturated heterocycles. The van der Waals surface area contributed by atoms with Gasteiger partial charge in [0.1, 0.15) is 11.8 Å². The van der Waals surface area contributed by atoms with Crippen LogP contribution in [0.2, 0.25) is 0 Å². The van der Waals surface area contributed by atoms with Crippen LogP contribution in [0.25, 0.3) is 0 Å². The molecule has 0 radical (unpaired) electrons. The summed E-state index contributed by atoms with van der Waals surface area (Å²) in [7, 11) is 1.41.